The summed E-state index contributed by atoms with van der Waals surface area (Å²) < 4.78 is 0. The molecule has 0 N–H and O–H groups in total. The average Bonchev–Trinajstić information content (AvgIpc) is 3.08. The fourth-order valence-corrected chi connectivity index (χ4v) is 5.50. The summed E-state index contributed by atoms with van der Waals surface area (Å²) >= 11 is 0. The first-order valence-electron chi connectivity index (χ1n) is 14.7. The first-order chi connectivity index (χ1) is 21.3. The van der Waals surface area contributed by atoms with Gasteiger partial charge in [-0.15, -0.1) is 0 Å². The number of anilines is 3. The molecule has 0 radical (unpaired) electrons. The maximum Gasteiger partial charge on any atom is 0.0462 e. The van der Waals surface area contributed by atoms with Crippen LogP contribution in [0.3, 0.4) is 0 Å². The number of benzene rings is 7. The number of hydrogen-bond acceptors (Lipinski definition) is 1. The first-order valence-corrected chi connectivity index (χ1v) is 14.7. The Bertz CT molecular complexity index is 1920. The fraction of sp³-hybridized carbons (Fsp3) is 0. The van der Waals surface area contributed by atoms with Crippen LogP contribution in [-0.2, 0) is 0 Å². The van der Waals surface area contributed by atoms with Gasteiger partial charge in [-0.1, -0.05) is 140 Å². The van der Waals surface area contributed by atoms with Gasteiger partial charge in [-0.05, 0) is 92.3 Å². The Labute approximate surface area is 253 Å². The van der Waals surface area contributed by atoms with E-state index in [4.69, 9.17) is 0 Å². The van der Waals surface area contributed by atoms with Gasteiger partial charge >= 0.3 is 0 Å². The lowest BCUT2D eigenvalue weighted by Crippen LogP contribution is -2.09. The molecule has 204 valence electrons. The molecule has 0 spiro atoms. The van der Waals surface area contributed by atoms with Gasteiger partial charge in [0.2, 0.25) is 0 Å². The quantitative estimate of drug-likeness (QED) is 0.179. The van der Waals surface area contributed by atoms with Crippen molar-refractivity contribution in [2.75, 3.05) is 4.90 Å². The van der Waals surface area contributed by atoms with E-state index in [2.05, 4.69) is 193 Å². The van der Waals surface area contributed by atoms with Gasteiger partial charge in [0.05, 0.1) is 0 Å². The van der Waals surface area contributed by atoms with Crippen molar-refractivity contribution in [3.8, 4) is 0 Å². The summed E-state index contributed by atoms with van der Waals surface area (Å²) in [7, 11) is 0. The fourth-order valence-electron chi connectivity index (χ4n) is 5.50. The first kappa shape index (κ1) is 26.3. The second kappa shape index (κ2) is 12.1. The van der Waals surface area contributed by atoms with Crippen LogP contribution in [0.15, 0.2) is 164 Å². The molecule has 0 aliphatic heterocycles. The minimum Gasteiger partial charge on any atom is -0.311 e. The lowest BCUT2D eigenvalue weighted by atomic mass is 10.1. The molecule has 7 aromatic carbocycles. The molecule has 0 aromatic heterocycles. The second-order valence-electron chi connectivity index (χ2n) is 10.7. The Balaban J connectivity index is 1.12. The molecule has 0 fully saturated rings. The Morgan fingerprint density at radius 3 is 1.09 bits per heavy atom. The van der Waals surface area contributed by atoms with Crippen molar-refractivity contribution in [3.63, 3.8) is 0 Å². The lowest BCUT2D eigenvalue weighted by molar-refractivity contribution is 1.28. The molecule has 0 amide bonds. The third-order valence-electron chi connectivity index (χ3n) is 7.80. The normalized spacial score (nSPS) is 11.5. The van der Waals surface area contributed by atoms with Crippen molar-refractivity contribution >= 4 is 62.9 Å². The topological polar surface area (TPSA) is 3.24 Å². The highest BCUT2D eigenvalue weighted by molar-refractivity contribution is 5.87. The summed E-state index contributed by atoms with van der Waals surface area (Å²) in [6.45, 7) is 0. The van der Waals surface area contributed by atoms with Crippen LogP contribution in [0.25, 0.3) is 45.8 Å². The van der Waals surface area contributed by atoms with Crippen molar-refractivity contribution in [2.45, 2.75) is 0 Å². The molecule has 0 heterocycles. The molecule has 0 atom stereocenters. The van der Waals surface area contributed by atoms with E-state index in [1.165, 1.54) is 43.8 Å². The van der Waals surface area contributed by atoms with E-state index < -0.39 is 0 Å². The lowest BCUT2D eigenvalue weighted by Gasteiger charge is -2.25. The summed E-state index contributed by atoms with van der Waals surface area (Å²) in [6, 6.07) is 58.2. The number of para-hydroxylation sites is 1. The molecule has 0 saturated heterocycles. The maximum atomic E-state index is 2.30. The third kappa shape index (κ3) is 6.02. The molecule has 1 nitrogen and oxygen atoms in total. The molecule has 7 rings (SSSR count). The summed E-state index contributed by atoms with van der Waals surface area (Å²) in [5.74, 6) is 0. The monoisotopic (exact) mass is 549 g/mol. The Morgan fingerprint density at radius 2 is 0.628 bits per heavy atom. The van der Waals surface area contributed by atoms with Gasteiger partial charge in [-0.2, -0.15) is 0 Å². The predicted octanol–water partition coefficient (Wildman–Crippen LogP) is 11.8. The van der Waals surface area contributed by atoms with Gasteiger partial charge in [0.15, 0.2) is 0 Å². The minimum absolute atomic E-state index is 1.12. The summed E-state index contributed by atoms with van der Waals surface area (Å²) in [6.07, 6.45) is 8.72. The summed E-state index contributed by atoms with van der Waals surface area (Å²) in [5.41, 5.74) is 8.09. The van der Waals surface area contributed by atoms with Crippen LogP contribution in [0.4, 0.5) is 17.1 Å². The molecule has 1 heteroatoms. The van der Waals surface area contributed by atoms with Gasteiger partial charge in [0.1, 0.15) is 0 Å². The standard InChI is InChI=1S/C42H31N/c1-2-12-40(13-3-1)43(41-26-20-32(21-27-41)14-16-34-18-24-36-8-4-6-10-38(36)30-34)42-28-22-33(23-29-42)15-17-35-19-25-37-9-5-7-11-39(37)31-35/h1-31H. The molecule has 0 bridgehead atoms. The van der Waals surface area contributed by atoms with E-state index in [1.54, 1.807) is 0 Å². The minimum atomic E-state index is 1.12. The van der Waals surface area contributed by atoms with Crippen molar-refractivity contribution in [1.82, 2.24) is 0 Å². The van der Waals surface area contributed by atoms with Crippen LogP contribution in [0.2, 0.25) is 0 Å². The zero-order valence-corrected chi connectivity index (χ0v) is 23.8. The van der Waals surface area contributed by atoms with Crippen molar-refractivity contribution in [3.05, 3.63) is 186 Å². The van der Waals surface area contributed by atoms with Crippen LogP contribution in [0.5, 0.6) is 0 Å². The highest BCUT2D eigenvalue weighted by Crippen LogP contribution is 2.35. The zero-order valence-electron chi connectivity index (χ0n) is 23.8. The zero-order chi connectivity index (χ0) is 28.8. The van der Waals surface area contributed by atoms with Crippen LogP contribution in [0, 0.1) is 0 Å². The Morgan fingerprint density at radius 1 is 0.279 bits per heavy atom. The average molecular weight is 550 g/mol. The van der Waals surface area contributed by atoms with Gasteiger partial charge in [0, 0.05) is 17.1 Å². The van der Waals surface area contributed by atoms with E-state index in [9.17, 15) is 0 Å². The van der Waals surface area contributed by atoms with Crippen molar-refractivity contribution in [1.29, 1.82) is 0 Å². The number of nitrogens with zero attached hydrogens (tertiary/aromatic N) is 1. The predicted molar refractivity (Wildman–Crippen MR) is 187 cm³/mol. The van der Waals surface area contributed by atoms with E-state index >= 15 is 0 Å². The van der Waals surface area contributed by atoms with Crippen LogP contribution in [0.1, 0.15) is 22.3 Å². The maximum absolute atomic E-state index is 2.30. The SMILES string of the molecule is C(=Cc1ccc2ccccc2c1)c1ccc(N(c2ccccc2)c2ccc(C=Cc3ccc4ccccc4c3)cc2)cc1. The molecule has 0 aliphatic carbocycles. The molecule has 0 saturated carbocycles. The van der Waals surface area contributed by atoms with E-state index in [1.807, 2.05) is 0 Å². The van der Waals surface area contributed by atoms with Crippen molar-refractivity contribution in [2.24, 2.45) is 0 Å². The summed E-state index contributed by atoms with van der Waals surface area (Å²) in [4.78, 5) is 2.30. The molecule has 43 heavy (non-hydrogen) atoms. The smallest absolute Gasteiger partial charge is 0.0462 e. The molecule has 7 aromatic rings. The van der Waals surface area contributed by atoms with Gasteiger partial charge < -0.3 is 4.90 Å². The van der Waals surface area contributed by atoms with Gasteiger partial charge in [-0.3, -0.25) is 0 Å². The number of hydrogen-bond donors (Lipinski definition) is 0. The molecule has 0 unspecified atom stereocenters. The Kier molecular flexibility index (Phi) is 7.36. The highest BCUT2D eigenvalue weighted by atomic mass is 15.1. The van der Waals surface area contributed by atoms with E-state index in [-0.39, 0.29) is 0 Å². The largest absolute Gasteiger partial charge is 0.311 e. The van der Waals surface area contributed by atoms with Crippen LogP contribution < -0.4 is 4.90 Å². The van der Waals surface area contributed by atoms with E-state index in [0.717, 1.165) is 17.1 Å². The highest BCUT2D eigenvalue weighted by Gasteiger charge is 2.12. The van der Waals surface area contributed by atoms with Gasteiger partial charge in [0.25, 0.3) is 0 Å². The molecule has 0 aliphatic rings. The van der Waals surface area contributed by atoms with E-state index in [0.29, 0.717) is 0 Å². The third-order valence-corrected chi connectivity index (χ3v) is 7.80. The Hall–Kier alpha value is -5.66. The van der Waals surface area contributed by atoms with Crippen LogP contribution in [-0.4, -0.2) is 0 Å². The number of fused-ring (bicyclic) bond motifs is 2. The van der Waals surface area contributed by atoms with Crippen molar-refractivity contribution < 1.29 is 0 Å². The number of rotatable bonds is 7. The second-order valence-corrected chi connectivity index (χ2v) is 10.7. The van der Waals surface area contributed by atoms with Crippen LogP contribution >= 0.6 is 0 Å². The molecular weight excluding hydrogens is 518 g/mol. The van der Waals surface area contributed by atoms with Gasteiger partial charge in [-0.25, -0.2) is 0 Å². The molecular formula is C42H31N. The summed E-state index contributed by atoms with van der Waals surface area (Å²) in [5, 5.41) is 5.04.